The minimum Gasteiger partial charge on any atom is -0.365 e. The van der Waals surface area contributed by atoms with Crippen molar-refractivity contribution in [2.45, 2.75) is 12.7 Å². The van der Waals surface area contributed by atoms with Crippen LogP contribution in [0.1, 0.15) is 11.1 Å². The fraction of sp³-hybridized carbons (Fsp3) is 0.462. The van der Waals surface area contributed by atoms with E-state index in [2.05, 4.69) is 10.6 Å². The maximum atomic E-state index is 13.0. The first-order valence-corrected chi connectivity index (χ1v) is 6.06. The smallest absolute Gasteiger partial charge is 0.365 e. The van der Waals surface area contributed by atoms with Crippen molar-refractivity contribution in [2.24, 2.45) is 0 Å². The lowest BCUT2D eigenvalue weighted by Crippen LogP contribution is -2.33. The Bertz CT molecular complexity index is 474. The van der Waals surface area contributed by atoms with Crippen molar-refractivity contribution in [1.29, 1.82) is 0 Å². The van der Waals surface area contributed by atoms with Gasteiger partial charge in [-0.2, -0.15) is 13.2 Å². The van der Waals surface area contributed by atoms with E-state index in [1.165, 1.54) is 18.0 Å². The summed E-state index contributed by atoms with van der Waals surface area (Å²) in [6, 6.07) is 4.06. The molecule has 112 valence electrons. The highest BCUT2D eigenvalue weighted by Crippen LogP contribution is 2.34. The summed E-state index contributed by atoms with van der Waals surface area (Å²) in [6.07, 6.45) is -4.42. The van der Waals surface area contributed by atoms with Crippen molar-refractivity contribution in [2.75, 3.05) is 32.6 Å². The number of benzene rings is 1. The first-order valence-electron chi connectivity index (χ1n) is 6.06. The lowest BCUT2D eigenvalue weighted by Gasteiger charge is -2.21. The number of alkyl halides is 3. The SMILES string of the molecule is CNCc1ccc(N(C)CC(=O)NC)cc1C(F)(F)F. The summed E-state index contributed by atoms with van der Waals surface area (Å²) in [6.45, 7) is 0.132. The summed E-state index contributed by atoms with van der Waals surface area (Å²) < 4.78 is 39.1. The van der Waals surface area contributed by atoms with Crippen LogP contribution in [0.5, 0.6) is 0 Å². The second kappa shape index (κ2) is 6.60. The number of halogens is 3. The number of hydrogen-bond acceptors (Lipinski definition) is 3. The standard InChI is InChI=1S/C13H18F3N3O/c1-17-7-9-4-5-10(6-11(9)13(14,15)16)19(3)8-12(20)18-2/h4-6,17H,7-8H2,1-3H3,(H,18,20). The van der Waals surface area contributed by atoms with E-state index in [9.17, 15) is 18.0 Å². The zero-order valence-corrected chi connectivity index (χ0v) is 11.6. The molecule has 0 atom stereocenters. The van der Waals surface area contributed by atoms with Crippen molar-refractivity contribution in [1.82, 2.24) is 10.6 Å². The average molecular weight is 289 g/mol. The molecule has 0 heterocycles. The molecular formula is C13H18F3N3O. The number of likely N-dealkylation sites (N-methyl/N-ethyl adjacent to an activating group) is 2. The monoisotopic (exact) mass is 289 g/mol. The van der Waals surface area contributed by atoms with Crippen LogP contribution >= 0.6 is 0 Å². The van der Waals surface area contributed by atoms with Gasteiger partial charge >= 0.3 is 6.18 Å². The Hall–Kier alpha value is -1.76. The zero-order chi connectivity index (χ0) is 15.3. The number of carbonyl (C=O) groups excluding carboxylic acids is 1. The van der Waals surface area contributed by atoms with Gasteiger partial charge < -0.3 is 15.5 Å². The topological polar surface area (TPSA) is 44.4 Å². The fourth-order valence-corrected chi connectivity index (χ4v) is 1.80. The van der Waals surface area contributed by atoms with Gasteiger partial charge in [0.15, 0.2) is 0 Å². The molecule has 0 unspecified atom stereocenters. The number of anilines is 1. The van der Waals surface area contributed by atoms with Gasteiger partial charge in [0.2, 0.25) is 5.91 Å². The van der Waals surface area contributed by atoms with E-state index in [0.29, 0.717) is 5.69 Å². The van der Waals surface area contributed by atoms with Crippen molar-refractivity contribution in [3.63, 3.8) is 0 Å². The van der Waals surface area contributed by atoms with Crippen molar-refractivity contribution in [3.8, 4) is 0 Å². The van der Waals surface area contributed by atoms with E-state index >= 15 is 0 Å². The van der Waals surface area contributed by atoms with Gasteiger partial charge in [-0.25, -0.2) is 0 Å². The van der Waals surface area contributed by atoms with Gasteiger partial charge in [0, 0.05) is 26.3 Å². The normalized spacial score (nSPS) is 11.3. The van der Waals surface area contributed by atoms with E-state index in [0.717, 1.165) is 6.07 Å². The van der Waals surface area contributed by atoms with E-state index < -0.39 is 11.7 Å². The third-order valence-corrected chi connectivity index (χ3v) is 2.87. The van der Waals surface area contributed by atoms with E-state index in [4.69, 9.17) is 0 Å². The maximum absolute atomic E-state index is 13.0. The summed E-state index contributed by atoms with van der Waals surface area (Å²) in [5.41, 5.74) is -0.161. The van der Waals surface area contributed by atoms with E-state index in [-0.39, 0.29) is 24.6 Å². The first-order chi connectivity index (χ1) is 9.29. The Morgan fingerprint density at radius 1 is 1.30 bits per heavy atom. The molecule has 20 heavy (non-hydrogen) atoms. The molecule has 0 aromatic heterocycles. The fourth-order valence-electron chi connectivity index (χ4n) is 1.80. The minimum atomic E-state index is -4.42. The van der Waals surface area contributed by atoms with Gasteiger partial charge in [0.25, 0.3) is 0 Å². The van der Waals surface area contributed by atoms with Crippen LogP contribution in [0.15, 0.2) is 18.2 Å². The summed E-state index contributed by atoms with van der Waals surface area (Å²) in [4.78, 5) is 12.7. The number of nitrogens with zero attached hydrogens (tertiary/aromatic N) is 1. The zero-order valence-electron chi connectivity index (χ0n) is 11.6. The largest absolute Gasteiger partial charge is 0.416 e. The van der Waals surface area contributed by atoms with Crippen molar-refractivity contribution < 1.29 is 18.0 Å². The molecule has 0 spiro atoms. The molecule has 0 radical (unpaired) electrons. The molecule has 0 saturated heterocycles. The molecule has 1 rings (SSSR count). The number of carbonyl (C=O) groups is 1. The van der Waals surface area contributed by atoms with Gasteiger partial charge in [0.1, 0.15) is 0 Å². The molecule has 7 heteroatoms. The highest BCUT2D eigenvalue weighted by Gasteiger charge is 2.33. The van der Waals surface area contributed by atoms with Crippen LogP contribution in [0.4, 0.5) is 18.9 Å². The Balaban J connectivity index is 3.09. The van der Waals surface area contributed by atoms with Gasteiger partial charge in [-0.05, 0) is 24.7 Å². The molecule has 2 N–H and O–H groups in total. The molecule has 1 amide bonds. The Morgan fingerprint density at radius 2 is 1.95 bits per heavy atom. The molecule has 0 bridgehead atoms. The molecule has 0 saturated carbocycles. The van der Waals surface area contributed by atoms with Crippen LogP contribution < -0.4 is 15.5 Å². The third-order valence-electron chi connectivity index (χ3n) is 2.87. The van der Waals surface area contributed by atoms with Crippen LogP contribution in [0, 0.1) is 0 Å². The highest BCUT2D eigenvalue weighted by molar-refractivity contribution is 5.80. The van der Waals surface area contributed by atoms with E-state index in [1.54, 1.807) is 20.2 Å². The molecule has 0 fully saturated rings. The summed E-state index contributed by atoms with van der Waals surface area (Å²) in [5.74, 6) is -0.264. The van der Waals surface area contributed by atoms with Crippen molar-refractivity contribution >= 4 is 11.6 Å². The van der Waals surface area contributed by atoms with Crippen LogP contribution in [-0.2, 0) is 17.5 Å². The Labute approximate surface area is 116 Å². The molecule has 1 aromatic rings. The number of rotatable bonds is 5. The molecule has 0 aliphatic rings. The van der Waals surface area contributed by atoms with Crippen LogP contribution in [0.2, 0.25) is 0 Å². The predicted molar refractivity (Wildman–Crippen MR) is 71.5 cm³/mol. The van der Waals surface area contributed by atoms with E-state index in [1.807, 2.05) is 0 Å². The summed E-state index contributed by atoms with van der Waals surface area (Å²) in [7, 11) is 4.64. The molecule has 0 aliphatic heterocycles. The molecular weight excluding hydrogens is 271 g/mol. The third kappa shape index (κ3) is 4.12. The van der Waals surface area contributed by atoms with Crippen LogP contribution in [0.25, 0.3) is 0 Å². The average Bonchev–Trinajstić information content (AvgIpc) is 2.38. The minimum absolute atomic E-state index is 0.000822. The van der Waals surface area contributed by atoms with Gasteiger partial charge in [-0.1, -0.05) is 6.07 Å². The number of hydrogen-bond donors (Lipinski definition) is 2. The quantitative estimate of drug-likeness (QED) is 0.865. The number of nitrogens with one attached hydrogen (secondary N) is 2. The van der Waals surface area contributed by atoms with Crippen LogP contribution in [0.3, 0.4) is 0 Å². The van der Waals surface area contributed by atoms with Crippen LogP contribution in [-0.4, -0.2) is 33.6 Å². The summed E-state index contributed by atoms with van der Waals surface area (Å²) >= 11 is 0. The highest BCUT2D eigenvalue weighted by atomic mass is 19.4. The number of amides is 1. The Kier molecular flexibility index (Phi) is 5.38. The molecule has 0 aliphatic carbocycles. The predicted octanol–water partition coefficient (Wildman–Crippen LogP) is 1.61. The maximum Gasteiger partial charge on any atom is 0.416 e. The lowest BCUT2D eigenvalue weighted by molar-refractivity contribution is -0.138. The second-order valence-electron chi connectivity index (χ2n) is 4.40. The van der Waals surface area contributed by atoms with Gasteiger partial charge in [0.05, 0.1) is 12.1 Å². The van der Waals surface area contributed by atoms with Gasteiger partial charge in [-0.3, -0.25) is 4.79 Å². The summed E-state index contributed by atoms with van der Waals surface area (Å²) in [5, 5.41) is 5.14. The molecule has 1 aromatic carbocycles. The first kappa shape index (κ1) is 16.3. The Morgan fingerprint density at radius 3 is 2.45 bits per heavy atom. The van der Waals surface area contributed by atoms with Gasteiger partial charge in [-0.15, -0.1) is 0 Å². The lowest BCUT2D eigenvalue weighted by atomic mass is 10.1. The molecule has 4 nitrogen and oxygen atoms in total. The van der Waals surface area contributed by atoms with Crippen molar-refractivity contribution in [3.05, 3.63) is 29.3 Å². The second-order valence-corrected chi connectivity index (χ2v) is 4.40.